The fourth-order valence-electron chi connectivity index (χ4n) is 3.74. The van der Waals surface area contributed by atoms with Crippen LogP contribution in [0.4, 0.5) is 19.0 Å². The van der Waals surface area contributed by atoms with Gasteiger partial charge in [-0.05, 0) is 20.9 Å². The Kier molecular flexibility index (Phi) is 10.7. The molecule has 1 N–H and O–H groups in total. The molecule has 5 nitrogen and oxygen atoms in total. The molecule has 1 fully saturated rings. The number of alkyl halides is 2. The van der Waals surface area contributed by atoms with Crippen molar-refractivity contribution in [3.63, 3.8) is 0 Å². The number of rotatable bonds is 6. The van der Waals surface area contributed by atoms with E-state index < -0.39 is 17.3 Å². The lowest BCUT2D eigenvalue weighted by molar-refractivity contribution is 0.0136. The number of terminal acetylenes is 1. The summed E-state index contributed by atoms with van der Waals surface area (Å²) >= 11 is 0. The molecule has 0 unspecified atom stereocenters. The highest BCUT2D eigenvalue weighted by Crippen LogP contribution is 2.30. The molecule has 3 rings (SSSR count). The van der Waals surface area contributed by atoms with Crippen LogP contribution in [0.1, 0.15) is 44.0 Å². The van der Waals surface area contributed by atoms with Crippen LogP contribution in [-0.2, 0) is 12.5 Å². The van der Waals surface area contributed by atoms with E-state index >= 15 is 0 Å². The minimum absolute atomic E-state index is 0.0337. The first kappa shape index (κ1) is 28.3. The van der Waals surface area contributed by atoms with Crippen molar-refractivity contribution >= 4 is 18.0 Å². The summed E-state index contributed by atoms with van der Waals surface area (Å²) in [5, 5.41) is 13.4. The molecule has 1 aromatic carbocycles. The Morgan fingerprint density at radius 1 is 1.17 bits per heavy atom. The van der Waals surface area contributed by atoms with Gasteiger partial charge in [0, 0.05) is 68.6 Å². The number of likely N-dealkylation sites (N-methyl/N-ethyl adjacent to an activating group) is 1. The van der Waals surface area contributed by atoms with Crippen molar-refractivity contribution < 1.29 is 13.2 Å². The van der Waals surface area contributed by atoms with Gasteiger partial charge >= 0.3 is 0 Å². The van der Waals surface area contributed by atoms with E-state index in [9.17, 15) is 13.2 Å². The molecule has 0 amide bonds. The monoisotopic (exact) mass is 487 g/mol. The topological polar surface area (TPSA) is 44.3 Å². The van der Waals surface area contributed by atoms with Crippen molar-refractivity contribution in [1.82, 2.24) is 20.0 Å². The van der Waals surface area contributed by atoms with Crippen LogP contribution in [0.3, 0.4) is 0 Å². The van der Waals surface area contributed by atoms with Crippen LogP contribution in [0, 0.1) is 25.1 Å². The Bertz CT molecular complexity index is 1130. The molecular weight excluding hydrogens is 451 g/mol. The molecule has 0 aliphatic carbocycles. The number of aryl methyl sites for hydroxylation is 1. The first-order valence-corrected chi connectivity index (χ1v) is 11.9. The van der Waals surface area contributed by atoms with Crippen molar-refractivity contribution in [3.05, 3.63) is 51.3 Å². The molecule has 0 bridgehead atoms. The van der Waals surface area contributed by atoms with Crippen LogP contribution in [-0.4, -0.2) is 59.8 Å². The predicted molar refractivity (Wildman–Crippen MR) is 137 cm³/mol. The van der Waals surface area contributed by atoms with E-state index in [1.54, 1.807) is 0 Å². The Balaban J connectivity index is 0.00000100. The lowest BCUT2D eigenvalue weighted by atomic mass is 10.0. The number of halogens is 3. The number of benzene rings is 1. The molecule has 1 saturated heterocycles. The third kappa shape index (κ3) is 8.08. The maximum Gasteiger partial charge on any atom is 0.273 e. The molecule has 190 valence electrons. The molecule has 2 heterocycles. The summed E-state index contributed by atoms with van der Waals surface area (Å²) in [4.78, 5) is 4.67. The van der Waals surface area contributed by atoms with Crippen LogP contribution in [0.5, 0.6) is 0 Å². The largest absolute Gasteiger partial charge is 0.364 e. The second-order valence-electron chi connectivity index (χ2n) is 8.64. The summed E-state index contributed by atoms with van der Waals surface area (Å²) in [6.45, 7) is 11.3. The van der Waals surface area contributed by atoms with E-state index in [0.29, 0.717) is 12.7 Å². The molecule has 0 atom stereocenters. The zero-order chi connectivity index (χ0) is 26.0. The molecule has 1 aliphatic heterocycles. The fraction of sp³-hybridized carbons (Fsp3) is 0.481. The van der Waals surface area contributed by atoms with E-state index in [1.165, 1.54) is 12.1 Å². The fourth-order valence-corrected chi connectivity index (χ4v) is 3.74. The summed E-state index contributed by atoms with van der Waals surface area (Å²) in [5.41, 5.74) is 0.358. The minimum Gasteiger partial charge on any atom is -0.364 e. The zero-order valence-electron chi connectivity index (χ0n) is 21.3. The smallest absolute Gasteiger partial charge is 0.273 e. The molecule has 0 saturated carbocycles. The number of nitrogens with zero attached hydrogens (tertiary/aromatic N) is 4. The molecule has 2 aromatic rings. The van der Waals surface area contributed by atoms with E-state index in [0.717, 1.165) is 61.3 Å². The lowest BCUT2D eigenvalue weighted by Gasteiger charge is -2.31. The summed E-state index contributed by atoms with van der Waals surface area (Å²) in [7, 11) is 2.12. The summed E-state index contributed by atoms with van der Waals surface area (Å²) in [5.74, 6) is -1.19. The van der Waals surface area contributed by atoms with Crippen LogP contribution >= 0.6 is 0 Å². The van der Waals surface area contributed by atoms with Gasteiger partial charge in [-0.3, -0.25) is 4.90 Å². The first-order valence-electron chi connectivity index (χ1n) is 11.9. The number of piperazine rings is 1. The van der Waals surface area contributed by atoms with Gasteiger partial charge in [0.05, 0.1) is 11.3 Å². The average Bonchev–Trinajstić information content (AvgIpc) is 2.83. The Morgan fingerprint density at radius 3 is 2.40 bits per heavy atom. The van der Waals surface area contributed by atoms with Crippen LogP contribution in [0.2, 0.25) is 0 Å². The van der Waals surface area contributed by atoms with Crippen LogP contribution < -0.4 is 15.8 Å². The van der Waals surface area contributed by atoms with Gasteiger partial charge in [-0.1, -0.05) is 37.3 Å². The van der Waals surface area contributed by atoms with Crippen molar-refractivity contribution in [2.45, 2.75) is 46.6 Å². The van der Waals surface area contributed by atoms with Gasteiger partial charge in [-0.15, -0.1) is 17.4 Å². The van der Waals surface area contributed by atoms with E-state index in [-0.39, 0.29) is 12.1 Å². The van der Waals surface area contributed by atoms with Gasteiger partial charge in [0.25, 0.3) is 5.92 Å². The molecule has 1 aliphatic rings. The maximum atomic E-state index is 14.6. The van der Waals surface area contributed by atoms with Crippen LogP contribution in [0.15, 0.2) is 18.2 Å². The van der Waals surface area contributed by atoms with E-state index in [4.69, 9.17) is 6.42 Å². The average molecular weight is 488 g/mol. The number of aromatic nitrogens is 2. The van der Waals surface area contributed by atoms with Gasteiger partial charge in [-0.25, -0.2) is 13.2 Å². The Hall–Kier alpha value is -2.89. The summed E-state index contributed by atoms with van der Waals surface area (Å²) < 4.78 is 42.0. The first-order chi connectivity index (χ1) is 16.6. The molecule has 8 heteroatoms. The normalized spacial score (nSPS) is 16.0. The summed E-state index contributed by atoms with van der Waals surface area (Å²) in [6, 6.07) is 4.06. The SMILES string of the molecule is C#CCC.C/C=c1/c(C)nnc(NCc2cccc(C(C)(F)F)c2F)/c1=C/CN1CCN(C)CC1. The van der Waals surface area contributed by atoms with Gasteiger partial charge in [0.1, 0.15) is 5.82 Å². The number of nitrogens with one attached hydrogen (secondary N) is 1. The standard InChI is InChI=1S/C23H30F3N5.C4H6/c1-5-18-16(2)28-29-22(19(18)9-10-31-13-11-30(4)12-14-31)27-15-17-7-6-8-20(21(17)24)23(3,25)26;1-3-4-2/h5-9H,10-15H2,1-4H3,(H,27,29);1H,4H2,2H3/b18-5-,19-9+;. The number of anilines is 1. The Morgan fingerprint density at radius 2 is 1.83 bits per heavy atom. The van der Waals surface area contributed by atoms with Gasteiger partial charge < -0.3 is 10.2 Å². The highest BCUT2D eigenvalue weighted by Gasteiger charge is 2.29. The summed E-state index contributed by atoms with van der Waals surface area (Å²) in [6.07, 6.45) is 9.71. The molecule has 0 spiro atoms. The van der Waals surface area contributed by atoms with Crippen molar-refractivity contribution in [2.24, 2.45) is 0 Å². The van der Waals surface area contributed by atoms with Gasteiger partial charge in [0.2, 0.25) is 0 Å². The van der Waals surface area contributed by atoms with Crippen LogP contribution in [0.25, 0.3) is 12.2 Å². The second kappa shape index (κ2) is 13.3. The zero-order valence-corrected chi connectivity index (χ0v) is 21.3. The second-order valence-corrected chi connectivity index (χ2v) is 8.64. The molecule has 1 aromatic heterocycles. The lowest BCUT2D eigenvalue weighted by Crippen LogP contribution is -2.45. The molecular formula is C27H36F3N5. The number of hydrogen-bond acceptors (Lipinski definition) is 5. The van der Waals surface area contributed by atoms with E-state index in [1.807, 2.05) is 26.8 Å². The molecule has 35 heavy (non-hydrogen) atoms. The van der Waals surface area contributed by atoms with Crippen molar-refractivity contribution in [2.75, 3.05) is 45.1 Å². The number of hydrogen-bond donors (Lipinski definition) is 1. The predicted octanol–water partition coefficient (Wildman–Crippen LogP) is 3.51. The maximum absolute atomic E-state index is 14.6. The highest BCUT2D eigenvalue weighted by atomic mass is 19.3. The third-order valence-corrected chi connectivity index (χ3v) is 5.88. The van der Waals surface area contributed by atoms with Crippen molar-refractivity contribution in [3.8, 4) is 12.3 Å². The quantitative estimate of drug-likeness (QED) is 0.632. The third-order valence-electron chi connectivity index (χ3n) is 5.88. The minimum atomic E-state index is -3.24. The van der Waals surface area contributed by atoms with Crippen molar-refractivity contribution in [1.29, 1.82) is 0 Å². The Labute approximate surface area is 206 Å². The van der Waals surface area contributed by atoms with Gasteiger partial charge in [0.15, 0.2) is 5.82 Å². The highest BCUT2D eigenvalue weighted by molar-refractivity contribution is 5.47. The van der Waals surface area contributed by atoms with E-state index in [2.05, 4.69) is 44.4 Å². The molecule has 0 radical (unpaired) electrons. The van der Waals surface area contributed by atoms with Gasteiger partial charge in [-0.2, -0.15) is 5.10 Å².